The summed E-state index contributed by atoms with van der Waals surface area (Å²) in [5.41, 5.74) is -0.0129. The highest BCUT2D eigenvalue weighted by Crippen LogP contribution is 2.36. The molecule has 0 aliphatic carbocycles. The van der Waals surface area contributed by atoms with E-state index in [2.05, 4.69) is 4.98 Å². The summed E-state index contributed by atoms with van der Waals surface area (Å²) in [6.45, 7) is 0. The van der Waals surface area contributed by atoms with E-state index in [9.17, 15) is 13.2 Å². The Labute approximate surface area is 106 Å². The first-order valence-corrected chi connectivity index (χ1v) is 5.25. The van der Waals surface area contributed by atoms with E-state index in [1.807, 2.05) is 6.07 Å². The van der Waals surface area contributed by atoms with Gasteiger partial charge in [-0.05, 0) is 18.2 Å². The lowest BCUT2D eigenvalue weighted by atomic mass is 10.0. The van der Waals surface area contributed by atoms with Gasteiger partial charge in [0.2, 0.25) is 0 Å². The topological polar surface area (TPSA) is 39.6 Å². The molecule has 1 aromatic carbocycles. The van der Waals surface area contributed by atoms with Crippen LogP contribution in [0.15, 0.2) is 30.6 Å². The van der Waals surface area contributed by atoms with Crippen molar-refractivity contribution in [3.63, 3.8) is 0 Å². The van der Waals surface area contributed by atoms with E-state index in [0.29, 0.717) is 5.56 Å². The quantitative estimate of drug-likeness (QED) is 0.828. The fourth-order valence-corrected chi connectivity index (χ4v) is 1.81. The molecule has 0 unspecified atom stereocenters. The van der Waals surface area contributed by atoms with Gasteiger partial charge in [0.05, 0.1) is 11.1 Å². The number of nitrogens with zero attached hydrogens (tertiary/aromatic N) is 1. The summed E-state index contributed by atoms with van der Waals surface area (Å²) in [5, 5.41) is 9.02. The maximum Gasteiger partial charge on any atom is 0.416 e. The number of alkyl halides is 3. The summed E-state index contributed by atoms with van der Waals surface area (Å²) in [6.07, 6.45) is -1.59. The predicted molar refractivity (Wildman–Crippen MR) is 61.0 cm³/mol. The Morgan fingerprint density at radius 2 is 1.89 bits per heavy atom. The second-order valence-electron chi connectivity index (χ2n) is 3.59. The molecule has 2 rings (SSSR count). The molecule has 18 heavy (non-hydrogen) atoms. The molecule has 0 radical (unpaired) electrons. The van der Waals surface area contributed by atoms with Gasteiger partial charge in [-0.3, -0.25) is 0 Å². The molecule has 1 heterocycles. The normalized spacial score (nSPS) is 11.3. The summed E-state index contributed by atoms with van der Waals surface area (Å²) >= 11 is 5.88. The molecule has 2 nitrogen and oxygen atoms in total. The summed E-state index contributed by atoms with van der Waals surface area (Å²) in [4.78, 5) is 2.67. The van der Waals surface area contributed by atoms with Crippen molar-refractivity contribution < 1.29 is 13.2 Å². The average Bonchev–Trinajstić information content (AvgIpc) is 2.76. The Morgan fingerprint density at radius 1 is 1.17 bits per heavy atom. The fraction of sp³-hybridized carbons (Fsp3) is 0.0833. The third-order valence-corrected chi connectivity index (χ3v) is 2.78. The molecular formula is C12H6ClF3N2. The Hall–Kier alpha value is -1.93. The van der Waals surface area contributed by atoms with Gasteiger partial charge in [-0.15, -0.1) is 0 Å². The predicted octanol–water partition coefficient (Wildman–Crippen LogP) is 4.23. The minimum absolute atomic E-state index is 0.166. The zero-order chi connectivity index (χ0) is 13.3. The SMILES string of the molecule is N#Cc1c[nH]cc1-c1cc(C(F)(F)F)ccc1Cl. The van der Waals surface area contributed by atoms with Crippen molar-refractivity contribution in [1.29, 1.82) is 5.26 Å². The molecule has 0 saturated heterocycles. The lowest BCUT2D eigenvalue weighted by Gasteiger charge is -2.09. The van der Waals surface area contributed by atoms with E-state index < -0.39 is 11.7 Å². The minimum Gasteiger partial charge on any atom is -0.366 e. The highest BCUT2D eigenvalue weighted by Gasteiger charge is 2.31. The average molecular weight is 271 g/mol. The molecule has 2 aromatic rings. The maximum absolute atomic E-state index is 12.6. The minimum atomic E-state index is -4.44. The number of aromatic amines is 1. The molecule has 1 N–H and O–H groups in total. The van der Waals surface area contributed by atoms with E-state index in [1.54, 1.807) is 0 Å². The first kappa shape index (κ1) is 12.5. The number of rotatable bonds is 1. The number of halogens is 4. The molecule has 0 saturated carbocycles. The zero-order valence-electron chi connectivity index (χ0n) is 8.85. The van der Waals surface area contributed by atoms with Crippen LogP contribution in [-0.2, 0) is 6.18 Å². The number of nitrogens with one attached hydrogen (secondary N) is 1. The Kier molecular flexibility index (Phi) is 3.05. The Bertz CT molecular complexity index is 623. The first-order valence-electron chi connectivity index (χ1n) is 4.87. The summed E-state index contributed by atoms with van der Waals surface area (Å²) < 4.78 is 37.8. The van der Waals surface area contributed by atoms with Gasteiger partial charge < -0.3 is 4.98 Å². The van der Waals surface area contributed by atoms with Gasteiger partial charge in [-0.2, -0.15) is 18.4 Å². The molecule has 92 valence electrons. The lowest BCUT2D eigenvalue weighted by molar-refractivity contribution is -0.137. The third-order valence-electron chi connectivity index (χ3n) is 2.45. The van der Waals surface area contributed by atoms with Gasteiger partial charge in [-0.1, -0.05) is 11.6 Å². The van der Waals surface area contributed by atoms with E-state index in [4.69, 9.17) is 16.9 Å². The smallest absolute Gasteiger partial charge is 0.366 e. The van der Waals surface area contributed by atoms with Crippen LogP contribution in [0.5, 0.6) is 0 Å². The molecule has 0 bridgehead atoms. The van der Waals surface area contributed by atoms with Gasteiger partial charge in [0, 0.05) is 28.5 Å². The monoisotopic (exact) mass is 270 g/mol. The van der Waals surface area contributed by atoms with Crippen LogP contribution >= 0.6 is 11.6 Å². The van der Waals surface area contributed by atoms with Gasteiger partial charge in [0.1, 0.15) is 6.07 Å². The van der Waals surface area contributed by atoms with Gasteiger partial charge >= 0.3 is 6.18 Å². The Morgan fingerprint density at radius 3 is 2.50 bits per heavy atom. The second kappa shape index (κ2) is 4.39. The third kappa shape index (κ3) is 2.20. The Balaban J connectivity index is 2.62. The zero-order valence-corrected chi connectivity index (χ0v) is 9.60. The molecule has 0 aliphatic heterocycles. The van der Waals surface area contributed by atoms with Crippen molar-refractivity contribution in [2.75, 3.05) is 0 Å². The van der Waals surface area contributed by atoms with Crippen LogP contribution in [0, 0.1) is 11.3 Å². The first-order chi connectivity index (χ1) is 8.43. The number of aromatic nitrogens is 1. The number of H-pyrrole nitrogens is 1. The molecule has 0 aliphatic rings. The number of benzene rings is 1. The van der Waals surface area contributed by atoms with Crippen LogP contribution in [-0.4, -0.2) is 4.98 Å². The van der Waals surface area contributed by atoms with Crippen LogP contribution in [0.2, 0.25) is 5.02 Å². The molecule has 0 fully saturated rings. The van der Waals surface area contributed by atoms with Crippen molar-refractivity contribution in [2.24, 2.45) is 0 Å². The largest absolute Gasteiger partial charge is 0.416 e. The highest BCUT2D eigenvalue weighted by atomic mass is 35.5. The van der Waals surface area contributed by atoms with Crippen molar-refractivity contribution in [1.82, 2.24) is 4.98 Å². The van der Waals surface area contributed by atoms with Crippen LogP contribution in [0.4, 0.5) is 13.2 Å². The lowest BCUT2D eigenvalue weighted by Crippen LogP contribution is -2.04. The van der Waals surface area contributed by atoms with E-state index in [0.717, 1.165) is 12.1 Å². The summed E-state index contributed by atoms with van der Waals surface area (Å²) in [6, 6.07) is 4.91. The van der Waals surface area contributed by atoms with Crippen molar-refractivity contribution in [2.45, 2.75) is 6.18 Å². The van der Waals surface area contributed by atoms with Gasteiger partial charge in [0.15, 0.2) is 0 Å². The van der Waals surface area contributed by atoms with Gasteiger partial charge in [0.25, 0.3) is 0 Å². The van der Waals surface area contributed by atoms with Crippen molar-refractivity contribution in [3.8, 4) is 17.2 Å². The maximum atomic E-state index is 12.6. The van der Waals surface area contributed by atoms with Crippen LogP contribution in [0.3, 0.4) is 0 Å². The van der Waals surface area contributed by atoms with E-state index in [1.165, 1.54) is 18.5 Å². The van der Waals surface area contributed by atoms with Crippen LogP contribution in [0.1, 0.15) is 11.1 Å². The molecule has 0 spiro atoms. The number of hydrogen-bond donors (Lipinski definition) is 1. The van der Waals surface area contributed by atoms with Gasteiger partial charge in [-0.25, -0.2) is 0 Å². The standard InChI is InChI=1S/C12H6ClF3N2/c13-11-2-1-8(12(14,15)16)3-9(11)10-6-18-5-7(10)4-17/h1-3,5-6,18H. The molecule has 0 amide bonds. The summed E-state index contributed by atoms with van der Waals surface area (Å²) in [7, 11) is 0. The molecule has 0 atom stereocenters. The van der Waals surface area contributed by atoms with Crippen LogP contribution < -0.4 is 0 Å². The fourth-order valence-electron chi connectivity index (χ4n) is 1.59. The van der Waals surface area contributed by atoms with Crippen molar-refractivity contribution >= 4 is 11.6 Å². The number of hydrogen-bond acceptors (Lipinski definition) is 1. The van der Waals surface area contributed by atoms with Crippen LogP contribution in [0.25, 0.3) is 11.1 Å². The number of nitriles is 1. The van der Waals surface area contributed by atoms with Crippen molar-refractivity contribution in [3.05, 3.63) is 46.7 Å². The van der Waals surface area contributed by atoms with E-state index >= 15 is 0 Å². The summed E-state index contributed by atoms with van der Waals surface area (Å²) in [5.74, 6) is 0. The second-order valence-corrected chi connectivity index (χ2v) is 3.99. The molecular weight excluding hydrogens is 265 g/mol. The highest BCUT2D eigenvalue weighted by molar-refractivity contribution is 6.33. The van der Waals surface area contributed by atoms with E-state index in [-0.39, 0.29) is 16.1 Å². The molecule has 6 heteroatoms. The molecule has 1 aromatic heterocycles.